The molecule has 0 aliphatic carbocycles. The fraction of sp³-hybridized carbons (Fsp3) is 0.300. The third-order valence-corrected chi connectivity index (χ3v) is 3.92. The molecule has 1 unspecified atom stereocenters. The summed E-state index contributed by atoms with van der Waals surface area (Å²) in [7, 11) is 0. The zero-order valence-corrected chi connectivity index (χ0v) is 14.2. The van der Waals surface area contributed by atoms with E-state index in [-0.39, 0.29) is 23.2 Å². The van der Waals surface area contributed by atoms with Crippen molar-refractivity contribution < 1.29 is 19.1 Å². The van der Waals surface area contributed by atoms with Gasteiger partial charge >= 0.3 is 5.97 Å². The fourth-order valence-corrected chi connectivity index (χ4v) is 2.73. The van der Waals surface area contributed by atoms with Gasteiger partial charge in [0.15, 0.2) is 0 Å². The number of carbonyl (C=O) groups excluding carboxylic acids is 1. The number of hydrogen-bond acceptors (Lipinski definition) is 2. The van der Waals surface area contributed by atoms with Crippen LogP contribution < -0.4 is 5.32 Å². The van der Waals surface area contributed by atoms with Gasteiger partial charge in [-0.1, -0.05) is 31.2 Å². The second kappa shape index (κ2) is 8.97. The number of carbonyl (C=O) groups is 2. The van der Waals surface area contributed by atoms with Crippen LogP contribution in [0.2, 0.25) is 0 Å². The van der Waals surface area contributed by atoms with Gasteiger partial charge in [-0.05, 0) is 54.2 Å². The molecule has 0 spiro atoms. The van der Waals surface area contributed by atoms with Crippen LogP contribution in [-0.4, -0.2) is 23.5 Å². The molecule has 0 bridgehead atoms. The van der Waals surface area contributed by atoms with E-state index >= 15 is 0 Å². The molecule has 0 fully saturated rings. The van der Waals surface area contributed by atoms with Crippen molar-refractivity contribution in [3.05, 3.63) is 71.0 Å². The number of carboxylic acid groups (broad SMARTS) is 1. The van der Waals surface area contributed by atoms with E-state index in [1.54, 1.807) is 24.3 Å². The van der Waals surface area contributed by atoms with Crippen molar-refractivity contribution >= 4 is 11.9 Å². The summed E-state index contributed by atoms with van der Waals surface area (Å²) in [6.07, 6.45) is 1.59. The molecule has 1 amide bonds. The monoisotopic (exact) mass is 343 g/mol. The predicted molar refractivity (Wildman–Crippen MR) is 94.0 cm³/mol. The average Bonchev–Trinajstić information content (AvgIpc) is 2.55. The summed E-state index contributed by atoms with van der Waals surface area (Å²) < 4.78 is 13.2. The number of benzene rings is 2. The summed E-state index contributed by atoms with van der Waals surface area (Å²) >= 11 is 0. The Kier molecular flexibility index (Phi) is 6.69. The van der Waals surface area contributed by atoms with E-state index in [4.69, 9.17) is 5.11 Å². The van der Waals surface area contributed by atoms with Crippen LogP contribution in [0.15, 0.2) is 48.5 Å². The summed E-state index contributed by atoms with van der Waals surface area (Å²) in [5.41, 5.74) is 1.99. The third kappa shape index (κ3) is 6.37. The molecule has 0 radical (unpaired) electrons. The number of rotatable bonds is 8. The van der Waals surface area contributed by atoms with Gasteiger partial charge in [0.05, 0.1) is 5.56 Å². The summed E-state index contributed by atoms with van der Waals surface area (Å²) in [5.74, 6) is -1.18. The Bertz CT molecular complexity index is 745. The molecule has 0 aliphatic rings. The Morgan fingerprint density at radius 3 is 2.56 bits per heavy atom. The van der Waals surface area contributed by atoms with Gasteiger partial charge in [-0.25, -0.2) is 9.18 Å². The van der Waals surface area contributed by atoms with Gasteiger partial charge in [0.2, 0.25) is 5.91 Å². The molecular formula is C20H22FNO3. The molecule has 132 valence electrons. The molecular weight excluding hydrogens is 321 g/mol. The smallest absolute Gasteiger partial charge is 0.335 e. The highest BCUT2D eigenvalue weighted by atomic mass is 19.1. The molecule has 0 saturated heterocycles. The first-order valence-electron chi connectivity index (χ1n) is 8.27. The van der Waals surface area contributed by atoms with E-state index in [1.165, 1.54) is 12.1 Å². The maximum Gasteiger partial charge on any atom is 0.335 e. The van der Waals surface area contributed by atoms with E-state index in [9.17, 15) is 14.0 Å². The van der Waals surface area contributed by atoms with Crippen molar-refractivity contribution in [2.45, 2.75) is 26.2 Å². The number of nitrogens with one attached hydrogen (secondary N) is 1. The van der Waals surface area contributed by atoms with Crippen LogP contribution in [0.25, 0.3) is 0 Å². The Morgan fingerprint density at radius 1 is 1.12 bits per heavy atom. The van der Waals surface area contributed by atoms with Crippen LogP contribution in [0.1, 0.15) is 34.8 Å². The number of hydrogen-bond donors (Lipinski definition) is 2. The second-order valence-electron chi connectivity index (χ2n) is 6.25. The zero-order chi connectivity index (χ0) is 18.2. The van der Waals surface area contributed by atoms with Crippen LogP contribution >= 0.6 is 0 Å². The summed E-state index contributed by atoms with van der Waals surface area (Å²) in [5, 5.41) is 11.8. The van der Waals surface area contributed by atoms with Crippen LogP contribution in [0.5, 0.6) is 0 Å². The van der Waals surface area contributed by atoms with Crippen LogP contribution in [-0.2, 0) is 17.6 Å². The van der Waals surface area contributed by atoms with Crippen molar-refractivity contribution in [3.8, 4) is 0 Å². The average molecular weight is 343 g/mol. The zero-order valence-electron chi connectivity index (χ0n) is 14.2. The lowest BCUT2D eigenvalue weighted by molar-refractivity contribution is -0.121. The second-order valence-corrected chi connectivity index (χ2v) is 6.25. The molecule has 25 heavy (non-hydrogen) atoms. The van der Waals surface area contributed by atoms with E-state index < -0.39 is 5.97 Å². The first kappa shape index (κ1) is 18.6. The lowest BCUT2D eigenvalue weighted by Crippen LogP contribution is -2.27. The number of halogens is 1. The highest BCUT2D eigenvalue weighted by Gasteiger charge is 2.10. The van der Waals surface area contributed by atoms with Crippen molar-refractivity contribution in [2.75, 3.05) is 6.54 Å². The topological polar surface area (TPSA) is 66.4 Å². The molecule has 0 aromatic heterocycles. The molecule has 0 heterocycles. The maximum absolute atomic E-state index is 13.2. The van der Waals surface area contributed by atoms with E-state index in [1.807, 2.05) is 19.1 Å². The Morgan fingerprint density at radius 2 is 1.84 bits per heavy atom. The van der Waals surface area contributed by atoms with Crippen molar-refractivity contribution in [1.82, 2.24) is 5.32 Å². The first-order valence-corrected chi connectivity index (χ1v) is 8.27. The quantitative estimate of drug-likeness (QED) is 0.771. The van der Waals surface area contributed by atoms with Crippen LogP contribution in [0, 0.1) is 11.7 Å². The minimum absolute atomic E-state index is 0.0571. The number of amides is 1. The van der Waals surface area contributed by atoms with Crippen molar-refractivity contribution in [1.29, 1.82) is 0 Å². The van der Waals surface area contributed by atoms with Gasteiger partial charge in [-0.3, -0.25) is 4.79 Å². The lowest BCUT2D eigenvalue weighted by atomic mass is 9.97. The highest BCUT2D eigenvalue weighted by molar-refractivity contribution is 5.87. The van der Waals surface area contributed by atoms with Gasteiger partial charge in [0.1, 0.15) is 5.82 Å². The largest absolute Gasteiger partial charge is 0.478 e. The normalized spacial score (nSPS) is 11.8. The fourth-order valence-electron chi connectivity index (χ4n) is 2.73. The SMILES string of the molecule is CC(CC(=O)NCCc1cccc(C(=O)O)c1)Cc1cccc(F)c1. The van der Waals surface area contributed by atoms with Gasteiger partial charge < -0.3 is 10.4 Å². The standard InChI is InChI=1S/C20H22FNO3/c1-14(10-16-5-3-7-18(21)13-16)11-19(23)22-9-8-15-4-2-6-17(12-15)20(24)25/h2-7,12-14H,8-11H2,1H3,(H,22,23)(H,24,25). The molecule has 0 aliphatic heterocycles. The molecule has 2 aromatic carbocycles. The number of carboxylic acids is 1. The van der Waals surface area contributed by atoms with Gasteiger partial charge in [-0.15, -0.1) is 0 Å². The molecule has 4 nitrogen and oxygen atoms in total. The van der Waals surface area contributed by atoms with Crippen LogP contribution in [0.3, 0.4) is 0 Å². The number of aromatic carboxylic acids is 1. The lowest BCUT2D eigenvalue weighted by Gasteiger charge is -2.12. The van der Waals surface area contributed by atoms with Gasteiger partial charge in [0.25, 0.3) is 0 Å². The van der Waals surface area contributed by atoms with Crippen LogP contribution in [0.4, 0.5) is 4.39 Å². The first-order chi connectivity index (χ1) is 11.9. The third-order valence-electron chi connectivity index (χ3n) is 3.92. The van der Waals surface area contributed by atoms with Crippen molar-refractivity contribution in [3.63, 3.8) is 0 Å². The summed E-state index contributed by atoms with van der Waals surface area (Å²) in [6, 6.07) is 13.1. The molecule has 2 rings (SSSR count). The van der Waals surface area contributed by atoms with E-state index in [0.717, 1.165) is 11.1 Å². The predicted octanol–water partition coefficient (Wildman–Crippen LogP) is 3.45. The minimum atomic E-state index is -0.961. The Hall–Kier alpha value is -2.69. The summed E-state index contributed by atoms with van der Waals surface area (Å²) in [4.78, 5) is 22.9. The Balaban J connectivity index is 1.75. The Labute approximate surface area is 146 Å². The van der Waals surface area contributed by atoms with E-state index in [2.05, 4.69) is 5.32 Å². The van der Waals surface area contributed by atoms with Crippen molar-refractivity contribution in [2.24, 2.45) is 5.92 Å². The molecule has 2 N–H and O–H groups in total. The molecule has 5 heteroatoms. The van der Waals surface area contributed by atoms with E-state index in [0.29, 0.717) is 25.8 Å². The molecule has 0 saturated carbocycles. The minimum Gasteiger partial charge on any atom is -0.478 e. The van der Waals surface area contributed by atoms with Gasteiger partial charge in [0, 0.05) is 13.0 Å². The molecule has 2 aromatic rings. The van der Waals surface area contributed by atoms with Gasteiger partial charge in [-0.2, -0.15) is 0 Å². The summed E-state index contributed by atoms with van der Waals surface area (Å²) in [6.45, 7) is 2.41. The highest BCUT2D eigenvalue weighted by Crippen LogP contribution is 2.13. The maximum atomic E-state index is 13.2. The molecule has 1 atom stereocenters.